The van der Waals surface area contributed by atoms with Crippen molar-refractivity contribution >= 4 is 5.91 Å². The largest absolute Gasteiger partial charge is 0.411 e. The number of amides is 1. The lowest BCUT2D eigenvalue weighted by atomic mass is 10.2. The smallest absolute Gasteiger partial charge is 0.362 e. The second kappa shape index (κ2) is 6.30. The first-order valence-electron chi connectivity index (χ1n) is 4.22. The Balaban J connectivity index is 3.63. The van der Waals surface area contributed by atoms with Crippen molar-refractivity contribution in [3.05, 3.63) is 0 Å². The number of halogens is 3. The molecule has 6 heteroatoms. The van der Waals surface area contributed by atoms with Crippen LogP contribution in [0, 0.1) is 12.3 Å². The van der Waals surface area contributed by atoms with Crippen LogP contribution in [0.15, 0.2) is 0 Å². The van der Waals surface area contributed by atoms with Crippen molar-refractivity contribution in [3.8, 4) is 12.3 Å². The Morgan fingerprint density at radius 3 is 2.67 bits per heavy atom. The molecule has 15 heavy (non-hydrogen) atoms. The van der Waals surface area contributed by atoms with Gasteiger partial charge in [-0.3, -0.25) is 4.79 Å². The maximum atomic E-state index is 11.6. The maximum absolute atomic E-state index is 11.6. The van der Waals surface area contributed by atoms with Gasteiger partial charge < -0.3 is 10.1 Å². The summed E-state index contributed by atoms with van der Waals surface area (Å²) in [6.07, 6.45) is 0.893. The highest BCUT2D eigenvalue weighted by molar-refractivity contribution is 5.77. The van der Waals surface area contributed by atoms with E-state index in [9.17, 15) is 18.0 Å². The van der Waals surface area contributed by atoms with Gasteiger partial charge in [-0.2, -0.15) is 13.2 Å². The Hall–Kier alpha value is -1.22. The SMILES string of the molecule is C#CCC(C)NC(=O)COCC(F)(F)F. The number of nitrogens with one attached hydrogen (secondary N) is 1. The molecule has 0 saturated carbocycles. The number of ether oxygens (including phenoxy) is 1. The van der Waals surface area contributed by atoms with Gasteiger partial charge in [0.2, 0.25) is 5.91 Å². The van der Waals surface area contributed by atoms with E-state index >= 15 is 0 Å². The summed E-state index contributed by atoms with van der Waals surface area (Å²) in [6.45, 7) is -0.389. The molecule has 0 aromatic carbocycles. The quantitative estimate of drug-likeness (QED) is 0.708. The molecule has 0 spiro atoms. The van der Waals surface area contributed by atoms with Crippen molar-refractivity contribution in [1.82, 2.24) is 5.32 Å². The Labute approximate surface area is 86.0 Å². The summed E-state index contributed by atoms with van der Waals surface area (Å²) >= 11 is 0. The predicted molar refractivity (Wildman–Crippen MR) is 47.9 cm³/mol. The van der Waals surface area contributed by atoms with Gasteiger partial charge in [0, 0.05) is 12.5 Å². The first kappa shape index (κ1) is 13.8. The number of carbonyl (C=O) groups is 1. The van der Waals surface area contributed by atoms with E-state index in [2.05, 4.69) is 16.0 Å². The average molecular weight is 223 g/mol. The van der Waals surface area contributed by atoms with E-state index in [-0.39, 0.29) is 6.04 Å². The fourth-order valence-electron chi connectivity index (χ4n) is 0.804. The number of rotatable bonds is 5. The van der Waals surface area contributed by atoms with Crippen molar-refractivity contribution in [3.63, 3.8) is 0 Å². The summed E-state index contributed by atoms with van der Waals surface area (Å²) in [7, 11) is 0. The van der Waals surface area contributed by atoms with E-state index in [1.54, 1.807) is 6.92 Å². The first-order chi connectivity index (χ1) is 6.85. The third kappa shape index (κ3) is 9.09. The van der Waals surface area contributed by atoms with E-state index in [0.717, 1.165) is 0 Å². The summed E-state index contributed by atoms with van der Waals surface area (Å²) in [5, 5.41) is 2.39. The number of hydrogen-bond donors (Lipinski definition) is 1. The number of terminal acetylenes is 1. The van der Waals surface area contributed by atoms with Gasteiger partial charge in [0.05, 0.1) is 0 Å². The average Bonchev–Trinajstić information content (AvgIpc) is 2.01. The molecule has 0 heterocycles. The summed E-state index contributed by atoms with van der Waals surface area (Å²) < 4.78 is 39.0. The lowest BCUT2D eigenvalue weighted by Crippen LogP contribution is -2.35. The van der Waals surface area contributed by atoms with Gasteiger partial charge in [-0.25, -0.2) is 0 Å². The topological polar surface area (TPSA) is 38.3 Å². The highest BCUT2D eigenvalue weighted by Crippen LogP contribution is 2.13. The molecule has 86 valence electrons. The second-order valence-corrected chi connectivity index (χ2v) is 2.98. The molecule has 0 bridgehead atoms. The first-order valence-corrected chi connectivity index (χ1v) is 4.22. The molecule has 0 aliphatic rings. The summed E-state index contributed by atoms with van der Waals surface area (Å²) in [4.78, 5) is 10.9. The van der Waals surface area contributed by atoms with Crippen LogP contribution in [0.5, 0.6) is 0 Å². The maximum Gasteiger partial charge on any atom is 0.411 e. The van der Waals surface area contributed by atoms with E-state index in [0.29, 0.717) is 6.42 Å². The number of hydrogen-bond acceptors (Lipinski definition) is 2. The molecule has 0 fully saturated rings. The molecule has 1 amide bonds. The third-order valence-corrected chi connectivity index (χ3v) is 1.33. The molecule has 1 atom stereocenters. The van der Waals surface area contributed by atoms with Crippen LogP contribution in [0.4, 0.5) is 13.2 Å². The van der Waals surface area contributed by atoms with Gasteiger partial charge in [0.25, 0.3) is 0 Å². The molecule has 3 nitrogen and oxygen atoms in total. The van der Waals surface area contributed by atoms with E-state index in [1.807, 2.05) is 0 Å². The standard InChI is InChI=1S/C9H12F3NO2/c1-3-4-7(2)13-8(14)5-15-6-9(10,11)12/h1,7H,4-6H2,2H3,(H,13,14). The van der Waals surface area contributed by atoms with Gasteiger partial charge >= 0.3 is 6.18 Å². The zero-order valence-electron chi connectivity index (χ0n) is 8.23. The highest BCUT2D eigenvalue weighted by atomic mass is 19.4. The zero-order valence-corrected chi connectivity index (χ0v) is 8.23. The van der Waals surface area contributed by atoms with Crippen LogP contribution >= 0.6 is 0 Å². The Bertz CT molecular complexity index is 245. The van der Waals surface area contributed by atoms with Gasteiger partial charge in [0.15, 0.2) is 0 Å². The van der Waals surface area contributed by atoms with Crippen LogP contribution in [-0.2, 0) is 9.53 Å². The van der Waals surface area contributed by atoms with Crippen LogP contribution in [0.25, 0.3) is 0 Å². The van der Waals surface area contributed by atoms with Gasteiger partial charge in [-0.15, -0.1) is 12.3 Å². The Kier molecular flexibility index (Phi) is 5.79. The fourth-order valence-corrected chi connectivity index (χ4v) is 0.804. The molecule has 0 saturated heterocycles. The normalized spacial score (nSPS) is 13.0. The minimum Gasteiger partial charge on any atom is -0.362 e. The second-order valence-electron chi connectivity index (χ2n) is 2.98. The van der Waals surface area contributed by atoms with Gasteiger partial charge in [-0.1, -0.05) is 0 Å². The fraction of sp³-hybridized carbons (Fsp3) is 0.667. The Morgan fingerprint density at radius 1 is 1.60 bits per heavy atom. The van der Waals surface area contributed by atoms with Crippen LogP contribution in [-0.4, -0.2) is 31.3 Å². The van der Waals surface area contributed by atoms with Crippen LogP contribution < -0.4 is 5.32 Å². The van der Waals surface area contributed by atoms with Crippen molar-refractivity contribution in [2.45, 2.75) is 25.6 Å². The van der Waals surface area contributed by atoms with Crippen LogP contribution in [0.1, 0.15) is 13.3 Å². The number of carbonyl (C=O) groups excluding carboxylic acids is 1. The van der Waals surface area contributed by atoms with E-state index < -0.39 is 25.3 Å². The lowest BCUT2D eigenvalue weighted by molar-refractivity contribution is -0.175. The molecular weight excluding hydrogens is 211 g/mol. The minimum absolute atomic E-state index is 0.267. The zero-order chi connectivity index (χ0) is 11.9. The minimum atomic E-state index is -4.41. The van der Waals surface area contributed by atoms with Gasteiger partial charge in [0.1, 0.15) is 13.2 Å². The predicted octanol–water partition coefficient (Wildman–Crippen LogP) is 1.09. The third-order valence-electron chi connectivity index (χ3n) is 1.33. The molecule has 0 aliphatic carbocycles. The van der Waals surface area contributed by atoms with Crippen molar-refractivity contribution in [2.75, 3.05) is 13.2 Å². The van der Waals surface area contributed by atoms with Crippen LogP contribution in [0.3, 0.4) is 0 Å². The van der Waals surface area contributed by atoms with Crippen molar-refractivity contribution in [1.29, 1.82) is 0 Å². The van der Waals surface area contributed by atoms with E-state index in [4.69, 9.17) is 6.42 Å². The number of alkyl halides is 3. The summed E-state index contributed by atoms with van der Waals surface area (Å²) in [5.41, 5.74) is 0. The van der Waals surface area contributed by atoms with Crippen molar-refractivity contribution < 1.29 is 22.7 Å². The molecule has 0 aromatic heterocycles. The molecule has 0 aromatic rings. The lowest BCUT2D eigenvalue weighted by Gasteiger charge is -2.11. The molecule has 1 N–H and O–H groups in total. The van der Waals surface area contributed by atoms with Gasteiger partial charge in [-0.05, 0) is 6.92 Å². The Morgan fingerprint density at radius 2 is 2.20 bits per heavy atom. The molecular formula is C9H12F3NO2. The monoisotopic (exact) mass is 223 g/mol. The van der Waals surface area contributed by atoms with Crippen molar-refractivity contribution in [2.24, 2.45) is 0 Å². The summed E-state index contributed by atoms with van der Waals surface area (Å²) in [6, 6.07) is -0.267. The summed E-state index contributed by atoms with van der Waals surface area (Å²) in [5.74, 6) is 1.71. The molecule has 0 radical (unpaired) electrons. The van der Waals surface area contributed by atoms with E-state index in [1.165, 1.54) is 0 Å². The highest BCUT2D eigenvalue weighted by Gasteiger charge is 2.27. The van der Waals surface area contributed by atoms with Crippen LogP contribution in [0.2, 0.25) is 0 Å². The molecule has 0 rings (SSSR count). The molecule has 0 aliphatic heterocycles. The molecule has 1 unspecified atom stereocenters.